The fourth-order valence-electron chi connectivity index (χ4n) is 4.98. The van der Waals surface area contributed by atoms with Crippen molar-refractivity contribution < 1.29 is 86.6 Å². The van der Waals surface area contributed by atoms with Crippen LogP contribution in [0.1, 0.15) is 31.2 Å². The van der Waals surface area contributed by atoms with Crippen LogP contribution in [0.5, 0.6) is 5.75 Å². The van der Waals surface area contributed by atoms with Crippen molar-refractivity contribution in [3.05, 3.63) is 94.3 Å². The molecular formula is C31H31ClKN2O7S3+. The molecule has 0 amide bonds. The molecule has 14 heteroatoms. The Bertz CT molecular complexity index is 1960. The average molecular weight is 714 g/mol. The van der Waals surface area contributed by atoms with E-state index in [0.29, 0.717) is 41.7 Å². The smallest absolute Gasteiger partial charge is 0.748 e. The van der Waals surface area contributed by atoms with Crippen LogP contribution in [0.2, 0.25) is 5.02 Å². The number of halogens is 1. The molecule has 232 valence electrons. The monoisotopic (exact) mass is 713 g/mol. The number of hydrogen-bond donors (Lipinski definition) is 1. The van der Waals surface area contributed by atoms with E-state index in [-0.39, 0.29) is 64.4 Å². The Morgan fingerprint density at radius 1 is 1.02 bits per heavy atom. The third-order valence-corrected chi connectivity index (χ3v) is 9.99. The van der Waals surface area contributed by atoms with Gasteiger partial charge in [0.05, 0.1) is 21.6 Å². The minimum Gasteiger partial charge on any atom is -0.748 e. The number of rotatable bonds is 12. The van der Waals surface area contributed by atoms with Crippen LogP contribution in [-0.4, -0.2) is 44.0 Å². The minimum atomic E-state index is -4.29. The van der Waals surface area contributed by atoms with Gasteiger partial charge in [0, 0.05) is 42.0 Å². The summed E-state index contributed by atoms with van der Waals surface area (Å²) in [7, 11) is -8.53. The summed E-state index contributed by atoms with van der Waals surface area (Å²) in [5, 5.41) is 1.47. The molecule has 1 N–H and O–H groups in total. The molecule has 3 aromatic carbocycles. The van der Waals surface area contributed by atoms with E-state index in [1.54, 1.807) is 16.2 Å². The van der Waals surface area contributed by atoms with Gasteiger partial charge in [0.1, 0.15) is 4.70 Å². The first-order valence-corrected chi connectivity index (χ1v) is 18.4. The molecule has 2 heterocycles. The van der Waals surface area contributed by atoms with Crippen LogP contribution in [0.4, 0.5) is 5.69 Å². The zero-order valence-electron chi connectivity index (χ0n) is 24.8. The number of hydrogen-bond acceptors (Lipinski definition) is 8. The van der Waals surface area contributed by atoms with Crippen LogP contribution >= 0.6 is 22.9 Å². The number of thiazole rings is 1. The number of aromatic nitrogens is 1. The summed E-state index contributed by atoms with van der Waals surface area (Å²) in [5.74, 6) is 0.0983. The van der Waals surface area contributed by atoms with E-state index in [2.05, 4.69) is 4.57 Å². The Hall–Kier alpha value is -1.62. The minimum absolute atomic E-state index is 0. The zero-order valence-corrected chi connectivity index (χ0v) is 31.2. The first kappa shape index (κ1) is 36.2. The fourth-order valence-corrected chi connectivity index (χ4v) is 7.26. The Morgan fingerprint density at radius 2 is 1.78 bits per heavy atom. The van der Waals surface area contributed by atoms with Crippen LogP contribution in [0.3, 0.4) is 0 Å². The molecule has 1 aromatic heterocycles. The maximum absolute atomic E-state index is 11.7. The number of anilines is 1. The summed E-state index contributed by atoms with van der Waals surface area (Å²) in [5.41, 5.74) is 4.42. The van der Waals surface area contributed by atoms with E-state index >= 15 is 0 Å². The maximum Gasteiger partial charge on any atom is 1.00 e. The first-order chi connectivity index (χ1) is 20.9. The van der Waals surface area contributed by atoms with E-state index in [1.807, 2.05) is 85.8 Å². The molecular weight excluding hydrogens is 683 g/mol. The van der Waals surface area contributed by atoms with Crippen molar-refractivity contribution >= 4 is 65.2 Å². The summed E-state index contributed by atoms with van der Waals surface area (Å²) in [4.78, 5) is 1.75. The van der Waals surface area contributed by atoms with Crippen molar-refractivity contribution in [3.8, 4) is 16.9 Å². The summed E-state index contributed by atoms with van der Waals surface area (Å²) in [6, 6.07) is 21.1. The quantitative estimate of drug-likeness (QED) is 0.103. The molecule has 1 aliphatic heterocycles. The van der Waals surface area contributed by atoms with Crippen LogP contribution < -0.4 is 65.6 Å². The van der Waals surface area contributed by atoms with Gasteiger partial charge in [0.25, 0.3) is 15.1 Å². The van der Waals surface area contributed by atoms with Crippen LogP contribution in [0.25, 0.3) is 27.4 Å². The van der Waals surface area contributed by atoms with E-state index in [9.17, 15) is 25.9 Å². The molecule has 0 saturated carbocycles. The van der Waals surface area contributed by atoms with Gasteiger partial charge in [-0.1, -0.05) is 66.3 Å². The Kier molecular flexibility index (Phi) is 12.5. The second-order valence-electron chi connectivity index (χ2n) is 10.3. The second-order valence-corrected chi connectivity index (χ2v) is 14.9. The molecule has 0 unspecified atom stereocenters. The van der Waals surface area contributed by atoms with Gasteiger partial charge in [-0.2, -0.15) is 13.0 Å². The van der Waals surface area contributed by atoms with Gasteiger partial charge >= 0.3 is 51.4 Å². The largest absolute Gasteiger partial charge is 1.00 e. The van der Waals surface area contributed by atoms with Gasteiger partial charge in [-0.05, 0) is 53.8 Å². The molecule has 0 atom stereocenters. The maximum atomic E-state index is 11.7. The Balaban J connectivity index is 0.00000461. The Morgan fingerprint density at radius 3 is 2.47 bits per heavy atom. The number of nitrogens with zero attached hydrogens (tertiary/aromatic N) is 2. The van der Waals surface area contributed by atoms with Gasteiger partial charge < -0.3 is 14.2 Å². The molecule has 0 saturated heterocycles. The average Bonchev–Trinajstić information content (AvgIpc) is 3.49. The zero-order chi connectivity index (χ0) is 31.5. The van der Waals surface area contributed by atoms with Gasteiger partial charge in [-0.15, -0.1) is 0 Å². The first-order valence-electron chi connectivity index (χ1n) is 14.0. The van der Waals surface area contributed by atoms with Gasteiger partial charge in [-0.3, -0.25) is 4.55 Å². The third-order valence-electron chi connectivity index (χ3n) is 7.15. The third kappa shape index (κ3) is 9.70. The predicted molar refractivity (Wildman–Crippen MR) is 173 cm³/mol. The summed E-state index contributed by atoms with van der Waals surface area (Å²) >= 11 is 7.85. The standard InChI is InChI=1S/C31H31ClN2O7S3.K/c1-2-22(19-31-34(14-6-7-16-43(35,36)37)27-21-25(32)11-13-29(27)42-31)18-30-33(15-17-44(38,39)40)26-20-24(10-12-28(26)41-30)23-8-4-3-5-9-23;/h3-5,8-13,18-21H,2,6-7,14-17H2,1H3,(H-,35,36,37,38,39,40);/q;+1. The van der Waals surface area contributed by atoms with Crippen molar-refractivity contribution in [2.24, 2.45) is 0 Å². The molecule has 1 aliphatic rings. The topological polar surface area (TPSA) is 128 Å². The van der Waals surface area contributed by atoms with Gasteiger partial charge in [0.2, 0.25) is 11.4 Å². The van der Waals surface area contributed by atoms with E-state index in [1.165, 1.54) is 0 Å². The summed E-state index contributed by atoms with van der Waals surface area (Å²) < 4.78 is 75.6. The number of unbranched alkanes of at least 4 members (excludes halogenated alkanes) is 1. The number of allylic oxidation sites excluding steroid dienone is 2. The molecule has 9 nitrogen and oxygen atoms in total. The molecule has 0 bridgehead atoms. The molecule has 0 fully saturated rings. The molecule has 0 aliphatic carbocycles. The normalized spacial score (nSPS) is 14.4. The van der Waals surface area contributed by atoms with Crippen LogP contribution in [0, 0.1) is 0 Å². The molecule has 4 aromatic rings. The van der Waals surface area contributed by atoms with E-state index < -0.39 is 31.7 Å². The summed E-state index contributed by atoms with van der Waals surface area (Å²) in [6.45, 7) is 2.46. The van der Waals surface area contributed by atoms with Crippen LogP contribution in [-0.2, 0) is 26.8 Å². The van der Waals surface area contributed by atoms with Crippen molar-refractivity contribution in [3.63, 3.8) is 0 Å². The Labute approximate surface area is 315 Å². The fraction of sp³-hybridized carbons (Fsp3) is 0.258. The number of ether oxygens (including phenoxy) is 1. The van der Waals surface area contributed by atoms with Crippen molar-refractivity contribution in [1.82, 2.24) is 0 Å². The van der Waals surface area contributed by atoms with Crippen molar-refractivity contribution in [2.45, 2.75) is 32.7 Å². The number of benzene rings is 3. The number of fused-ring (bicyclic) bond motifs is 2. The molecule has 0 spiro atoms. The van der Waals surface area contributed by atoms with E-state index in [4.69, 9.17) is 16.3 Å². The van der Waals surface area contributed by atoms with Crippen LogP contribution in [0.15, 0.2) is 84.3 Å². The van der Waals surface area contributed by atoms with Crippen molar-refractivity contribution in [1.29, 1.82) is 0 Å². The molecule has 5 rings (SSSR count). The van der Waals surface area contributed by atoms with Gasteiger partial charge in [0.15, 0.2) is 12.3 Å². The predicted octanol–water partition coefficient (Wildman–Crippen LogP) is 3.26. The molecule has 45 heavy (non-hydrogen) atoms. The van der Waals surface area contributed by atoms with E-state index in [0.717, 1.165) is 31.9 Å². The van der Waals surface area contributed by atoms with Gasteiger partial charge in [-0.25, -0.2) is 8.42 Å². The summed E-state index contributed by atoms with van der Waals surface area (Å²) in [6.07, 6.45) is 5.22. The SMILES string of the molecule is CCC(/C=C1\Oc2ccc(-c3ccccc3)cc2N1CCS(=O)(=O)O)=C\c1sc2ccc(Cl)cc2[n+]1CCCCS(=O)(=O)[O-].[K+]. The number of aryl methyl sites for hydroxylation is 1. The molecule has 0 radical (unpaired) electrons. The van der Waals surface area contributed by atoms with Crippen molar-refractivity contribution in [2.75, 3.05) is 23.0 Å². The second kappa shape index (κ2) is 15.5.